The average molecular weight is 391 g/mol. The lowest BCUT2D eigenvalue weighted by molar-refractivity contribution is -0.146. The van der Waals surface area contributed by atoms with Gasteiger partial charge in [-0.1, -0.05) is 23.9 Å². The summed E-state index contributed by atoms with van der Waals surface area (Å²) in [5.41, 5.74) is 2.92. The van der Waals surface area contributed by atoms with E-state index < -0.39 is 0 Å². The molecule has 0 spiro atoms. The molecular weight excluding hydrogens is 368 g/mol. The molecule has 1 aliphatic rings. The number of amides is 1. The van der Waals surface area contributed by atoms with Gasteiger partial charge in [0, 0.05) is 35.5 Å². The van der Waals surface area contributed by atoms with Gasteiger partial charge in [-0.3, -0.25) is 9.59 Å². The van der Waals surface area contributed by atoms with E-state index in [2.05, 4.69) is 4.98 Å². The maximum absolute atomic E-state index is 12.6. The lowest BCUT2D eigenvalue weighted by atomic mass is 9.96. The lowest BCUT2D eigenvalue weighted by Gasteiger charge is -2.30. The van der Waals surface area contributed by atoms with Crippen molar-refractivity contribution in [3.05, 3.63) is 46.5 Å². The van der Waals surface area contributed by atoms with Gasteiger partial charge in [-0.2, -0.15) is 0 Å². The maximum atomic E-state index is 12.6. The van der Waals surface area contributed by atoms with Crippen LogP contribution in [0.5, 0.6) is 0 Å². The Hall–Kier alpha value is -1.86. The van der Waals surface area contributed by atoms with E-state index in [0.717, 1.165) is 15.8 Å². The van der Waals surface area contributed by atoms with E-state index in [1.807, 2.05) is 41.5 Å². The molecule has 0 atom stereocenters. The van der Waals surface area contributed by atoms with Gasteiger partial charge in [-0.05, 0) is 37.5 Å². The molecule has 2 heterocycles. The van der Waals surface area contributed by atoms with Gasteiger partial charge >= 0.3 is 5.97 Å². The molecule has 3 rings (SSSR count). The van der Waals surface area contributed by atoms with Crippen LogP contribution in [-0.4, -0.2) is 42.0 Å². The molecule has 5 nitrogen and oxygen atoms in total. The number of esters is 1. The predicted molar refractivity (Wildman–Crippen MR) is 103 cm³/mol. The van der Waals surface area contributed by atoms with Gasteiger partial charge in [0.25, 0.3) is 5.91 Å². The van der Waals surface area contributed by atoms with Crippen LogP contribution in [0.25, 0.3) is 0 Å². The largest absolute Gasteiger partial charge is 0.469 e. The fraction of sp³-hybridized carbons (Fsp3) is 0.421. The van der Waals surface area contributed by atoms with Crippen LogP contribution in [0.4, 0.5) is 0 Å². The third-order valence-electron chi connectivity index (χ3n) is 4.48. The van der Waals surface area contributed by atoms with Crippen molar-refractivity contribution in [2.75, 3.05) is 20.2 Å². The zero-order chi connectivity index (χ0) is 18.5. The van der Waals surface area contributed by atoms with Crippen LogP contribution in [0.15, 0.2) is 34.0 Å². The molecule has 2 aromatic rings. The smallest absolute Gasteiger partial charge is 0.308 e. The highest BCUT2D eigenvalue weighted by Gasteiger charge is 2.28. The Morgan fingerprint density at radius 3 is 2.54 bits per heavy atom. The molecule has 0 unspecified atom stereocenters. The summed E-state index contributed by atoms with van der Waals surface area (Å²) >= 11 is 3.37. The number of benzene rings is 1. The number of aryl methyl sites for hydroxylation is 1. The summed E-state index contributed by atoms with van der Waals surface area (Å²) in [5, 5.41) is 2.05. The van der Waals surface area contributed by atoms with E-state index in [-0.39, 0.29) is 17.8 Å². The molecule has 1 amide bonds. The van der Waals surface area contributed by atoms with Crippen LogP contribution < -0.4 is 0 Å². The van der Waals surface area contributed by atoms with Gasteiger partial charge < -0.3 is 9.64 Å². The first kappa shape index (κ1) is 18.9. The molecule has 0 radical (unpaired) electrons. The van der Waals surface area contributed by atoms with Crippen molar-refractivity contribution >= 4 is 35.0 Å². The van der Waals surface area contributed by atoms with E-state index in [9.17, 15) is 9.59 Å². The Labute approximate surface area is 161 Å². The summed E-state index contributed by atoms with van der Waals surface area (Å²) in [6, 6.07) is 7.78. The number of aromatic nitrogens is 1. The Balaban J connectivity index is 1.53. The molecule has 1 aliphatic heterocycles. The summed E-state index contributed by atoms with van der Waals surface area (Å²) in [6.45, 7) is 3.19. The first-order valence-electron chi connectivity index (χ1n) is 8.58. The van der Waals surface area contributed by atoms with E-state index in [4.69, 9.17) is 4.74 Å². The summed E-state index contributed by atoms with van der Waals surface area (Å²) in [7, 11) is 1.41. The van der Waals surface area contributed by atoms with Crippen LogP contribution in [0.3, 0.4) is 0 Å². The zero-order valence-corrected chi connectivity index (χ0v) is 16.6. The molecule has 0 N–H and O–H groups in total. The zero-order valence-electron chi connectivity index (χ0n) is 14.9. The Morgan fingerprint density at radius 2 is 1.96 bits per heavy atom. The minimum atomic E-state index is -0.172. The SMILES string of the molecule is COC(=O)C1CCN(C(=O)c2ccc(CSc3nc(C)cs3)cc2)CC1. The van der Waals surface area contributed by atoms with Gasteiger partial charge in [0.2, 0.25) is 0 Å². The number of thiazole rings is 1. The highest BCUT2D eigenvalue weighted by Crippen LogP contribution is 2.26. The minimum Gasteiger partial charge on any atom is -0.469 e. The van der Waals surface area contributed by atoms with E-state index in [1.165, 1.54) is 12.7 Å². The topological polar surface area (TPSA) is 59.5 Å². The number of ether oxygens (including phenoxy) is 1. The molecule has 1 aromatic heterocycles. The van der Waals surface area contributed by atoms with Gasteiger partial charge in [0.05, 0.1) is 13.0 Å². The van der Waals surface area contributed by atoms with Crippen molar-refractivity contribution in [3.63, 3.8) is 0 Å². The summed E-state index contributed by atoms with van der Waals surface area (Å²) in [5.74, 6) is 0.613. The van der Waals surface area contributed by atoms with E-state index in [0.29, 0.717) is 31.5 Å². The van der Waals surface area contributed by atoms with E-state index >= 15 is 0 Å². The molecule has 0 saturated carbocycles. The lowest BCUT2D eigenvalue weighted by Crippen LogP contribution is -2.40. The number of carbonyl (C=O) groups excluding carboxylic acids is 2. The number of hydrogen-bond donors (Lipinski definition) is 0. The fourth-order valence-corrected chi connectivity index (χ4v) is 4.76. The second kappa shape index (κ2) is 8.68. The van der Waals surface area contributed by atoms with Crippen molar-refractivity contribution in [1.29, 1.82) is 0 Å². The standard InChI is InChI=1S/C19H22N2O3S2/c1-13-11-25-19(20-13)26-12-14-3-5-15(6-4-14)17(22)21-9-7-16(8-10-21)18(23)24-2/h3-6,11,16H,7-10,12H2,1-2H3. The Kier molecular flexibility index (Phi) is 6.32. The van der Waals surface area contributed by atoms with Crippen LogP contribution in [0.1, 0.15) is 34.5 Å². The van der Waals surface area contributed by atoms with Crippen molar-refractivity contribution < 1.29 is 14.3 Å². The molecule has 138 valence electrons. The third-order valence-corrected chi connectivity index (χ3v) is 6.69. The monoisotopic (exact) mass is 390 g/mol. The predicted octanol–water partition coefficient (Wildman–Crippen LogP) is 3.77. The van der Waals surface area contributed by atoms with Gasteiger partial charge in [-0.15, -0.1) is 11.3 Å². The van der Waals surface area contributed by atoms with Crippen LogP contribution in [0, 0.1) is 12.8 Å². The highest BCUT2D eigenvalue weighted by molar-refractivity contribution is 8.00. The Morgan fingerprint density at radius 1 is 1.27 bits per heavy atom. The quantitative estimate of drug-likeness (QED) is 0.575. The third kappa shape index (κ3) is 4.65. The summed E-state index contributed by atoms with van der Waals surface area (Å²) in [6.07, 6.45) is 1.33. The molecule has 26 heavy (non-hydrogen) atoms. The molecule has 7 heteroatoms. The van der Waals surface area contributed by atoms with E-state index in [1.54, 1.807) is 23.1 Å². The number of rotatable bonds is 5. The Bertz CT molecular complexity index is 765. The van der Waals surface area contributed by atoms with Crippen LogP contribution in [-0.2, 0) is 15.3 Å². The number of piperidine rings is 1. The molecule has 1 fully saturated rings. The maximum Gasteiger partial charge on any atom is 0.308 e. The number of thioether (sulfide) groups is 1. The number of hydrogen-bond acceptors (Lipinski definition) is 6. The van der Waals surface area contributed by atoms with Crippen LogP contribution >= 0.6 is 23.1 Å². The molecular formula is C19H22N2O3S2. The number of likely N-dealkylation sites (tertiary alicyclic amines) is 1. The number of methoxy groups -OCH3 is 1. The highest BCUT2D eigenvalue weighted by atomic mass is 32.2. The molecule has 1 saturated heterocycles. The van der Waals surface area contributed by atoms with Crippen molar-refractivity contribution in [2.45, 2.75) is 29.9 Å². The van der Waals surface area contributed by atoms with Gasteiger partial charge in [-0.25, -0.2) is 4.98 Å². The van der Waals surface area contributed by atoms with Crippen molar-refractivity contribution in [1.82, 2.24) is 9.88 Å². The van der Waals surface area contributed by atoms with Crippen molar-refractivity contribution in [3.8, 4) is 0 Å². The summed E-state index contributed by atoms with van der Waals surface area (Å²) in [4.78, 5) is 30.5. The van der Waals surface area contributed by atoms with Crippen LogP contribution in [0.2, 0.25) is 0 Å². The molecule has 1 aromatic carbocycles. The summed E-state index contributed by atoms with van der Waals surface area (Å²) < 4.78 is 5.86. The number of carbonyl (C=O) groups is 2. The average Bonchev–Trinajstić information content (AvgIpc) is 3.11. The first-order valence-corrected chi connectivity index (χ1v) is 10.4. The van der Waals surface area contributed by atoms with Gasteiger partial charge in [0.15, 0.2) is 0 Å². The second-order valence-corrected chi connectivity index (χ2v) is 8.41. The fourth-order valence-electron chi connectivity index (χ4n) is 2.95. The minimum absolute atomic E-state index is 0.0306. The first-order chi connectivity index (χ1) is 12.6. The second-order valence-electron chi connectivity index (χ2n) is 6.33. The number of nitrogens with zero attached hydrogens (tertiary/aromatic N) is 2. The van der Waals surface area contributed by atoms with Gasteiger partial charge in [0.1, 0.15) is 4.34 Å². The van der Waals surface area contributed by atoms with Crippen molar-refractivity contribution in [2.24, 2.45) is 5.92 Å². The molecule has 0 aliphatic carbocycles. The molecule has 0 bridgehead atoms. The normalized spacial score (nSPS) is 15.1.